The van der Waals surface area contributed by atoms with Crippen molar-refractivity contribution in [2.24, 2.45) is 0 Å². The molecule has 2 aromatic rings. The first-order valence-corrected chi connectivity index (χ1v) is 6.36. The minimum atomic E-state index is 0.875. The van der Waals surface area contributed by atoms with Crippen molar-refractivity contribution in [3.8, 4) is 0 Å². The number of hydrogen-bond acceptors (Lipinski definition) is 1. The molecule has 0 saturated carbocycles. The molecule has 2 rings (SSSR count). The fraction of sp³-hybridized carbons (Fsp3) is 0.200. The predicted molar refractivity (Wildman–Crippen MR) is 68.9 cm³/mol. The Kier molecular flexibility index (Phi) is 2.81. The minimum absolute atomic E-state index is 0.875. The summed E-state index contributed by atoms with van der Waals surface area (Å²) in [7, 11) is 0. The maximum atomic E-state index is 6.11. The Hall–Kier alpha value is 0.200. The first kappa shape index (κ1) is 9.74. The van der Waals surface area contributed by atoms with Gasteiger partial charge in [0.2, 0.25) is 0 Å². The highest BCUT2D eigenvalue weighted by Gasteiger charge is 2.06. The SMILES string of the molecule is CCc1ccc(Cl)c2sc(I)cc12. The van der Waals surface area contributed by atoms with Gasteiger partial charge < -0.3 is 0 Å². The molecule has 0 unspecified atom stereocenters. The van der Waals surface area contributed by atoms with Gasteiger partial charge >= 0.3 is 0 Å². The molecule has 13 heavy (non-hydrogen) atoms. The molecule has 0 bridgehead atoms. The van der Waals surface area contributed by atoms with Crippen LogP contribution in [0.5, 0.6) is 0 Å². The number of thiophene rings is 1. The minimum Gasteiger partial charge on any atom is -0.128 e. The monoisotopic (exact) mass is 322 g/mol. The Morgan fingerprint density at radius 3 is 2.92 bits per heavy atom. The summed E-state index contributed by atoms with van der Waals surface area (Å²) in [6, 6.07) is 6.33. The number of halogens is 2. The lowest BCUT2D eigenvalue weighted by Crippen LogP contribution is -1.79. The Labute approximate surface area is 100 Å². The second-order valence-electron chi connectivity index (χ2n) is 2.85. The van der Waals surface area contributed by atoms with Gasteiger partial charge in [-0.3, -0.25) is 0 Å². The molecule has 1 heterocycles. The van der Waals surface area contributed by atoms with Gasteiger partial charge in [0.1, 0.15) is 0 Å². The maximum absolute atomic E-state index is 6.11. The molecule has 0 atom stereocenters. The Morgan fingerprint density at radius 2 is 2.23 bits per heavy atom. The van der Waals surface area contributed by atoms with E-state index in [4.69, 9.17) is 11.6 Å². The van der Waals surface area contributed by atoms with Crippen molar-refractivity contribution in [2.75, 3.05) is 0 Å². The van der Waals surface area contributed by atoms with Gasteiger partial charge in [0.25, 0.3) is 0 Å². The largest absolute Gasteiger partial charge is 0.128 e. The normalized spacial score (nSPS) is 11.0. The Bertz CT molecular complexity index is 447. The molecule has 0 radical (unpaired) electrons. The molecule has 3 heteroatoms. The number of aryl methyl sites for hydroxylation is 1. The van der Waals surface area contributed by atoms with Crippen molar-refractivity contribution >= 4 is 55.6 Å². The molecule has 0 N–H and O–H groups in total. The summed E-state index contributed by atoms with van der Waals surface area (Å²) in [6.45, 7) is 2.17. The number of benzene rings is 1. The second-order valence-corrected chi connectivity index (χ2v) is 6.21. The smallest absolute Gasteiger partial charge is 0.0666 e. The lowest BCUT2D eigenvalue weighted by molar-refractivity contribution is 1.16. The summed E-state index contributed by atoms with van der Waals surface area (Å²) in [5.41, 5.74) is 1.39. The van der Waals surface area contributed by atoms with Crippen LogP contribution < -0.4 is 0 Å². The van der Waals surface area contributed by atoms with Gasteiger partial charge in [0.15, 0.2) is 0 Å². The van der Waals surface area contributed by atoms with E-state index in [-0.39, 0.29) is 0 Å². The van der Waals surface area contributed by atoms with Gasteiger partial charge in [-0.25, -0.2) is 0 Å². The fourth-order valence-electron chi connectivity index (χ4n) is 1.42. The van der Waals surface area contributed by atoms with E-state index in [0.717, 1.165) is 11.4 Å². The Balaban J connectivity index is 2.83. The highest BCUT2D eigenvalue weighted by Crippen LogP contribution is 2.34. The predicted octanol–water partition coefficient (Wildman–Crippen LogP) is 4.72. The summed E-state index contributed by atoms with van der Waals surface area (Å²) in [5, 5.41) is 2.20. The van der Waals surface area contributed by atoms with Crippen LogP contribution in [0.3, 0.4) is 0 Å². The van der Waals surface area contributed by atoms with Crippen LogP contribution >= 0.6 is 45.5 Å². The van der Waals surface area contributed by atoms with Gasteiger partial charge in [-0.05, 0) is 52.1 Å². The summed E-state index contributed by atoms with van der Waals surface area (Å²) in [5.74, 6) is 0. The van der Waals surface area contributed by atoms with Gasteiger partial charge in [-0.2, -0.15) is 0 Å². The van der Waals surface area contributed by atoms with E-state index in [0.29, 0.717) is 0 Å². The first-order valence-electron chi connectivity index (χ1n) is 4.08. The van der Waals surface area contributed by atoms with Crippen LogP contribution in [-0.2, 0) is 6.42 Å². The van der Waals surface area contributed by atoms with Crippen LogP contribution in [-0.4, -0.2) is 0 Å². The van der Waals surface area contributed by atoms with E-state index < -0.39 is 0 Å². The third-order valence-electron chi connectivity index (χ3n) is 2.08. The Morgan fingerprint density at radius 1 is 1.46 bits per heavy atom. The van der Waals surface area contributed by atoms with Crippen LogP contribution in [0.15, 0.2) is 18.2 Å². The van der Waals surface area contributed by atoms with E-state index in [2.05, 4.69) is 41.6 Å². The second kappa shape index (κ2) is 3.75. The molecule has 0 fully saturated rings. The molecule has 68 valence electrons. The summed E-state index contributed by atoms with van der Waals surface area (Å²) in [4.78, 5) is 0. The number of fused-ring (bicyclic) bond motifs is 1. The average Bonchev–Trinajstić information content (AvgIpc) is 2.48. The van der Waals surface area contributed by atoms with Gasteiger partial charge in [-0.15, -0.1) is 11.3 Å². The zero-order valence-electron chi connectivity index (χ0n) is 7.10. The maximum Gasteiger partial charge on any atom is 0.0666 e. The van der Waals surface area contributed by atoms with Crippen LogP contribution in [0.25, 0.3) is 10.1 Å². The van der Waals surface area contributed by atoms with Crippen molar-refractivity contribution in [1.82, 2.24) is 0 Å². The zero-order valence-corrected chi connectivity index (χ0v) is 10.8. The summed E-state index contributed by atoms with van der Waals surface area (Å²) >= 11 is 10.2. The molecule has 0 nitrogen and oxygen atoms in total. The van der Waals surface area contributed by atoms with E-state index in [1.165, 1.54) is 18.5 Å². The summed E-state index contributed by atoms with van der Waals surface area (Å²) < 4.78 is 2.53. The van der Waals surface area contributed by atoms with E-state index in [9.17, 15) is 0 Å². The standard InChI is InChI=1S/C10H8ClIS/c1-2-6-3-4-8(11)10-7(6)5-9(12)13-10/h3-5H,2H2,1H3. The van der Waals surface area contributed by atoms with Crippen LogP contribution in [0.4, 0.5) is 0 Å². The van der Waals surface area contributed by atoms with Gasteiger partial charge in [0, 0.05) is 0 Å². The van der Waals surface area contributed by atoms with E-state index >= 15 is 0 Å². The van der Waals surface area contributed by atoms with Crippen molar-refractivity contribution in [3.05, 3.63) is 31.7 Å². The molecule has 1 aromatic heterocycles. The van der Waals surface area contributed by atoms with Crippen molar-refractivity contribution in [1.29, 1.82) is 0 Å². The highest BCUT2D eigenvalue weighted by atomic mass is 127. The van der Waals surface area contributed by atoms with Crippen molar-refractivity contribution < 1.29 is 0 Å². The highest BCUT2D eigenvalue weighted by molar-refractivity contribution is 14.1. The van der Waals surface area contributed by atoms with Gasteiger partial charge in [-0.1, -0.05) is 24.6 Å². The molecule has 0 spiro atoms. The summed E-state index contributed by atoms with van der Waals surface area (Å²) in [6.07, 6.45) is 1.07. The lowest BCUT2D eigenvalue weighted by Gasteiger charge is -1.99. The quantitative estimate of drug-likeness (QED) is 0.666. The molecule has 0 saturated heterocycles. The molecule has 0 aliphatic heterocycles. The van der Waals surface area contributed by atoms with E-state index in [1.807, 2.05) is 6.07 Å². The molecular weight excluding hydrogens is 315 g/mol. The van der Waals surface area contributed by atoms with E-state index in [1.54, 1.807) is 11.3 Å². The molecule has 0 aliphatic carbocycles. The molecule has 0 aliphatic rings. The van der Waals surface area contributed by atoms with Crippen LogP contribution in [0.2, 0.25) is 5.02 Å². The molecule has 1 aromatic carbocycles. The van der Waals surface area contributed by atoms with Crippen LogP contribution in [0.1, 0.15) is 12.5 Å². The van der Waals surface area contributed by atoms with Gasteiger partial charge in [0.05, 0.1) is 12.6 Å². The lowest BCUT2D eigenvalue weighted by atomic mass is 10.1. The number of rotatable bonds is 1. The molecular formula is C10H8ClIS. The third-order valence-corrected chi connectivity index (χ3v) is 4.43. The average molecular weight is 323 g/mol. The fourth-order valence-corrected chi connectivity index (χ4v) is 3.51. The molecule has 0 amide bonds. The van der Waals surface area contributed by atoms with Crippen LogP contribution in [0, 0.1) is 2.88 Å². The first-order chi connectivity index (χ1) is 6.22. The topological polar surface area (TPSA) is 0 Å². The van der Waals surface area contributed by atoms with Crippen molar-refractivity contribution in [3.63, 3.8) is 0 Å². The third kappa shape index (κ3) is 1.72. The zero-order chi connectivity index (χ0) is 9.42. The van der Waals surface area contributed by atoms with Crippen molar-refractivity contribution in [2.45, 2.75) is 13.3 Å². The number of hydrogen-bond donors (Lipinski definition) is 0.